The number of rotatable bonds is 2. The third-order valence-corrected chi connectivity index (χ3v) is 3.81. The molecule has 110 valence electrons. The van der Waals surface area contributed by atoms with Crippen molar-refractivity contribution in [2.24, 2.45) is 0 Å². The maximum absolute atomic E-state index is 14.4. The Morgan fingerprint density at radius 2 is 2.09 bits per heavy atom. The first-order chi connectivity index (χ1) is 10.7. The minimum absolute atomic E-state index is 0.177. The number of cyclic esters (lactones) is 1. The lowest BCUT2D eigenvalue weighted by molar-refractivity contribution is 0.179. The van der Waals surface area contributed by atoms with Crippen LogP contribution >= 0.6 is 0 Å². The zero-order valence-electron chi connectivity index (χ0n) is 11.5. The van der Waals surface area contributed by atoms with E-state index in [-0.39, 0.29) is 18.3 Å². The number of benzene rings is 2. The van der Waals surface area contributed by atoms with Crippen molar-refractivity contribution < 1.29 is 13.9 Å². The molecular formula is C16H12FN3O2. The van der Waals surface area contributed by atoms with Crippen LogP contribution in [0.3, 0.4) is 0 Å². The smallest absolute Gasteiger partial charge is 0.415 e. The molecule has 4 rings (SSSR count). The van der Waals surface area contributed by atoms with Crippen molar-refractivity contribution in [3.05, 3.63) is 60.2 Å². The van der Waals surface area contributed by atoms with Gasteiger partial charge in [0.1, 0.15) is 12.4 Å². The van der Waals surface area contributed by atoms with Gasteiger partial charge in [-0.15, -0.1) is 0 Å². The molecule has 1 N–H and O–H groups in total. The lowest BCUT2D eigenvalue weighted by atomic mass is 10.1. The van der Waals surface area contributed by atoms with Gasteiger partial charge in [-0.1, -0.05) is 30.3 Å². The normalized spacial score (nSPS) is 18.0. The number of nitrogens with zero attached hydrogens (tertiary/aromatic N) is 2. The molecule has 1 aliphatic heterocycles. The first-order valence-electron chi connectivity index (χ1n) is 6.87. The molecule has 0 radical (unpaired) electrons. The number of nitrogens with one attached hydrogen (secondary N) is 1. The van der Waals surface area contributed by atoms with E-state index in [0.717, 1.165) is 5.56 Å². The van der Waals surface area contributed by atoms with Gasteiger partial charge < -0.3 is 9.72 Å². The van der Waals surface area contributed by atoms with Crippen molar-refractivity contribution in [2.45, 2.75) is 6.04 Å². The number of aromatic nitrogens is 2. The highest BCUT2D eigenvalue weighted by Crippen LogP contribution is 2.35. The van der Waals surface area contributed by atoms with Crippen LogP contribution in [0.2, 0.25) is 0 Å². The Morgan fingerprint density at radius 1 is 1.27 bits per heavy atom. The summed E-state index contributed by atoms with van der Waals surface area (Å²) in [5.74, 6) is -0.489. The van der Waals surface area contributed by atoms with Gasteiger partial charge in [0.05, 0.1) is 29.1 Å². The van der Waals surface area contributed by atoms with E-state index in [1.165, 1.54) is 17.3 Å². The second-order valence-electron chi connectivity index (χ2n) is 5.10. The molecule has 6 heteroatoms. The minimum Gasteiger partial charge on any atom is -0.447 e. The monoisotopic (exact) mass is 297 g/mol. The summed E-state index contributed by atoms with van der Waals surface area (Å²) in [6.07, 6.45) is 0.938. The van der Waals surface area contributed by atoms with Crippen LogP contribution in [0.5, 0.6) is 0 Å². The number of hydrogen-bond acceptors (Lipinski definition) is 3. The molecular weight excluding hydrogens is 285 g/mol. The van der Waals surface area contributed by atoms with Crippen molar-refractivity contribution in [3.8, 4) is 0 Å². The zero-order valence-corrected chi connectivity index (χ0v) is 11.5. The van der Waals surface area contributed by atoms with Crippen molar-refractivity contribution in [3.63, 3.8) is 0 Å². The van der Waals surface area contributed by atoms with Gasteiger partial charge in [0.2, 0.25) is 0 Å². The molecule has 1 aromatic heterocycles. The lowest BCUT2D eigenvalue weighted by Crippen LogP contribution is -2.28. The summed E-state index contributed by atoms with van der Waals surface area (Å²) >= 11 is 0. The van der Waals surface area contributed by atoms with Crippen LogP contribution in [0.25, 0.3) is 11.0 Å². The quantitative estimate of drug-likeness (QED) is 0.788. The molecule has 5 nitrogen and oxygen atoms in total. The van der Waals surface area contributed by atoms with Crippen LogP contribution in [-0.4, -0.2) is 22.7 Å². The van der Waals surface area contributed by atoms with Gasteiger partial charge in [-0.05, 0) is 11.6 Å². The van der Waals surface area contributed by atoms with Crippen LogP contribution in [0.1, 0.15) is 11.6 Å². The molecule has 0 bridgehead atoms. The van der Waals surface area contributed by atoms with E-state index in [9.17, 15) is 9.18 Å². The van der Waals surface area contributed by atoms with Gasteiger partial charge >= 0.3 is 6.09 Å². The maximum Gasteiger partial charge on any atom is 0.415 e. The van der Waals surface area contributed by atoms with Crippen molar-refractivity contribution >= 4 is 22.8 Å². The summed E-state index contributed by atoms with van der Waals surface area (Å²) in [6.45, 7) is 0.195. The Morgan fingerprint density at radius 3 is 2.91 bits per heavy atom. The Labute approximate surface area is 125 Å². The average Bonchev–Trinajstić information content (AvgIpc) is 3.13. The molecule has 1 aliphatic rings. The maximum atomic E-state index is 14.4. The fourth-order valence-electron chi connectivity index (χ4n) is 2.74. The second kappa shape index (κ2) is 4.84. The molecule has 3 aromatic rings. The third kappa shape index (κ3) is 1.92. The fourth-order valence-corrected chi connectivity index (χ4v) is 2.74. The van der Waals surface area contributed by atoms with Gasteiger partial charge in [-0.25, -0.2) is 14.2 Å². The van der Waals surface area contributed by atoms with Gasteiger partial charge in [0, 0.05) is 6.07 Å². The van der Waals surface area contributed by atoms with Gasteiger partial charge in [-0.3, -0.25) is 4.90 Å². The molecule has 0 aliphatic carbocycles. The van der Waals surface area contributed by atoms with E-state index in [0.29, 0.717) is 11.0 Å². The summed E-state index contributed by atoms with van der Waals surface area (Å²) in [5, 5.41) is 0. The molecule has 2 aromatic carbocycles. The highest BCUT2D eigenvalue weighted by molar-refractivity contribution is 5.93. The number of hydrogen-bond donors (Lipinski definition) is 1. The summed E-state index contributed by atoms with van der Waals surface area (Å²) < 4.78 is 19.5. The van der Waals surface area contributed by atoms with Crippen LogP contribution in [-0.2, 0) is 4.74 Å². The molecule has 22 heavy (non-hydrogen) atoms. The van der Waals surface area contributed by atoms with Crippen LogP contribution in [0, 0.1) is 5.82 Å². The molecule has 0 spiro atoms. The first kappa shape index (κ1) is 12.8. The predicted molar refractivity (Wildman–Crippen MR) is 79.1 cm³/mol. The van der Waals surface area contributed by atoms with Crippen LogP contribution in [0.15, 0.2) is 48.8 Å². The van der Waals surface area contributed by atoms with Crippen LogP contribution in [0.4, 0.5) is 14.9 Å². The largest absolute Gasteiger partial charge is 0.447 e. The number of halogens is 1. The van der Waals surface area contributed by atoms with Gasteiger partial charge in [-0.2, -0.15) is 0 Å². The highest BCUT2D eigenvalue weighted by Gasteiger charge is 2.37. The Kier molecular flexibility index (Phi) is 2.82. The SMILES string of the molecule is O=C1OC[C@H](c2ccccc2)N1c1cc2nc[nH]c2cc1F. The number of H-pyrrole nitrogens is 1. The third-order valence-electron chi connectivity index (χ3n) is 3.81. The number of carbonyl (C=O) groups excluding carboxylic acids is 1. The second-order valence-corrected chi connectivity index (χ2v) is 5.10. The average molecular weight is 297 g/mol. The van der Waals surface area contributed by atoms with E-state index in [2.05, 4.69) is 9.97 Å². The van der Waals surface area contributed by atoms with Crippen molar-refractivity contribution in [1.82, 2.24) is 9.97 Å². The van der Waals surface area contributed by atoms with E-state index >= 15 is 0 Å². The molecule has 1 atom stereocenters. The zero-order chi connectivity index (χ0) is 15.1. The summed E-state index contributed by atoms with van der Waals surface area (Å²) in [7, 11) is 0. The van der Waals surface area contributed by atoms with Crippen molar-refractivity contribution in [2.75, 3.05) is 11.5 Å². The van der Waals surface area contributed by atoms with Crippen LogP contribution < -0.4 is 4.90 Å². The van der Waals surface area contributed by atoms with E-state index < -0.39 is 11.9 Å². The molecule has 1 fully saturated rings. The Hall–Kier alpha value is -2.89. The Bertz CT molecular complexity index is 847. The summed E-state index contributed by atoms with van der Waals surface area (Å²) in [6, 6.07) is 12.0. The first-order valence-corrected chi connectivity index (χ1v) is 6.87. The van der Waals surface area contributed by atoms with E-state index in [4.69, 9.17) is 4.74 Å². The summed E-state index contributed by atoms with van der Waals surface area (Å²) in [5.41, 5.74) is 2.26. The topological polar surface area (TPSA) is 58.2 Å². The van der Waals surface area contributed by atoms with E-state index in [1.54, 1.807) is 6.07 Å². The lowest BCUT2D eigenvalue weighted by Gasteiger charge is -2.22. The molecule has 2 heterocycles. The minimum atomic E-state index is -0.553. The van der Waals surface area contributed by atoms with Crippen molar-refractivity contribution in [1.29, 1.82) is 0 Å². The number of amides is 1. The summed E-state index contributed by atoms with van der Waals surface area (Å²) in [4.78, 5) is 20.4. The predicted octanol–water partition coefficient (Wildman–Crippen LogP) is 3.40. The number of imidazole rings is 1. The fraction of sp³-hybridized carbons (Fsp3) is 0.125. The molecule has 1 saturated heterocycles. The van der Waals surface area contributed by atoms with E-state index in [1.807, 2.05) is 30.3 Å². The highest BCUT2D eigenvalue weighted by atomic mass is 19.1. The molecule has 1 amide bonds. The Balaban J connectivity index is 1.83. The standard InChI is InChI=1S/C16H12FN3O2/c17-11-6-12-13(19-9-18-12)7-14(11)20-15(8-22-16(20)21)10-4-2-1-3-5-10/h1-7,9,15H,8H2,(H,18,19)/t15-/m1/s1. The number of carbonyl (C=O) groups is 1. The van der Waals surface area contributed by atoms with Gasteiger partial charge in [0.25, 0.3) is 0 Å². The number of aromatic amines is 1. The number of anilines is 1. The van der Waals surface area contributed by atoms with Gasteiger partial charge in [0.15, 0.2) is 0 Å². The number of ether oxygens (including phenoxy) is 1. The number of fused-ring (bicyclic) bond motifs is 1. The molecule has 0 unspecified atom stereocenters. The molecule has 0 saturated carbocycles.